The molecule has 0 aliphatic rings. The molecule has 0 unspecified atom stereocenters. The Morgan fingerprint density at radius 3 is 2.13 bits per heavy atom. The highest BCUT2D eigenvalue weighted by Gasteiger charge is 2.30. The minimum Gasteiger partial charge on any atom is -0.280 e. The summed E-state index contributed by atoms with van der Waals surface area (Å²) in [4.78, 5) is 0.629. The van der Waals surface area contributed by atoms with Crippen LogP contribution in [0, 0.1) is 0 Å². The minimum absolute atomic E-state index is 0.0787. The van der Waals surface area contributed by atoms with Gasteiger partial charge in [-0.1, -0.05) is 54.2 Å². The lowest BCUT2D eigenvalue weighted by Crippen LogP contribution is -2.13. The molecule has 0 saturated heterocycles. The van der Waals surface area contributed by atoms with Gasteiger partial charge in [-0.25, -0.2) is 8.42 Å². The first-order valence-corrected chi connectivity index (χ1v) is 11.3. The van der Waals surface area contributed by atoms with E-state index in [1.165, 1.54) is 18.2 Å². The Morgan fingerprint density at radius 1 is 0.903 bits per heavy atom. The molecule has 31 heavy (non-hydrogen) atoms. The van der Waals surface area contributed by atoms with Gasteiger partial charge in [0, 0.05) is 28.4 Å². The van der Waals surface area contributed by atoms with Crippen molar-refractivity contribution < 1.29 is 21.6 Å². The van der Waals surface area contributed by atoms with Gasteiger partial charge in [-0.15, -0.1) is 0 Å². The zero-order valence-electron chi connectivity index (χ0n) is 16.0. The van der Waals surface area contributed by atoms with Crippen LogP contribution in [0.4, 0.5) is 18.9 Å². The number of rotatable bonds is 7. The number of sulfonamides is 1. The highest BCUT2D eigenvalue weighted by Crippen LogP contribution is 2.29. The van der Waals surface area contributed by atoms with Crippen molar-refractivity contribution >= 4 is 44.4 Å². The molecule has 0 aliphatic carbocycles. The Bertz CT molecular complexity index is 1180. The molecule has 3 aromatic rings. The maximum atomic E-state index is 12.8. The summed E-state index contributed by atoms with van der Waals surface area (Å²) in [6.45, 7) is 0. The number of thiocarbonyl (C=S) groups is 1. The Balaban J connectivity index is 1.65. The molecule has 1 N–H and O–H groups in total. The molecule has 0 radical (unpaired) electrons. The molecule has 3 rings (SSSR count). The van der Waals surface area contributed by atoms with Crippen molar-refractivity contribution in [1.82, 2.24) is 0 Å². The molecule has 9 heteroatoms. The van der Waals surface area contributed by atoms with Crippen LogP contribution in [0.5, 0.6) is 0 Å². The van der Waals surface area contributed by atoms with Crippen LogP contribution in [0.25, 0.3) is 0 Å². The normalized spacial score (nSPS) is 11.9. The predicted octanol–water partition coefficient (Wildman–Crippen LogP) is 6.31. The van der Waals surface area contributed by atoms with Crippen LogP contribution in [0.1, 0.15) is 16.7 Å². The topological polar surface area (TPSA) is 46.2 Å². The Morgan fingerprint density at radius 2 is 1.52 bits per heavy atom. The van der Waals surface area contributed by atoms with E-state index in [2.05, 4.69) is 4.72 Å². The molecule has 162 valence electrons. The van der Waals surface area contributed by atoms with Gasteiger partial charge in [-0.3, -0.25) is 4.72 Å². The Labute approximate surface area is 188 Å². The SMILES string of the molecule is O=S(=O)(Nc1ccc(Cl)cc1)c1ccc(CC(=S)Cc2cccc(C(F)(F)F)c2)cc1. The van der Waals surface area contributed by atoms with Crippen LogP contribution in [0.15, 0.2) is 77.7 Å². The van der Waals surface area contributed by atoms with Gasteiger partial charge in [0.1, 0.15) is 0 Å². The Hall–Kier alpha value is -2.42. The monoisotopic (exact) mass is 483 g/mol. The average Bonchev–Trinajstić information content (AvgIpc) is 2.69. The summed E-state index contributed by atoms with van der Waals surface area (Å²) in [5, 5.41) is 0.494. The first-order valence-electron chi connectivity index (χ1n) is 9.08. The fraction of sp³-hybridized carbons (Fsp3) is 0.136. The van der Waals surface area contributed by atoms with Crippen LogP contribution in [-0.4, -0.2) is 13.3 Å². The van der Waals surface area contributed by atoms with Gasteiger partial charge >= 0.3 is 6.18 Å². The Kier molecular flexibility index (Phi) is 7.03. The van der Waals surface area contributed by atoms with Gasteiger partial charge in [-0.05, 0) is 53.6 Å². The molecule has 0 spiro atoms. The molecular weight excluding hydrogens is 467 g/mol. The van der Waals surface area contributed by atoms with Gasteiger partial charge in [0.25, 0.3) is 10.0 Å². The van der Waals surface area contributed by atoms with Crippen LogP contribution < -0.4 is 4.72 Å². The third kappa shape index (κ3) is 6.53. The number of hydrogen-bond acceptors (Lipinski definition) is 3. The van der Waals surface area contributed by atoms with E-state index >= 15 is 0 Å². The van der Waals surface area contributed by atoms with Gasteiger partial charge in [0.2, 0.25) is 0 Å². The van der Waals surface area contributed by atoms with Crippen molar-refractivity contribution in [3.8, 4) is 0 Å². The third-order valence-electron chi connectivity index (χ3n) is 4.39. The first kappa shape index (κ1) is 23.2. The maximum Gasteiger partial charge on any atom is 0.416 e. The van der Waals surface area contributed by atoms with E-state index in [1.54, 1.807) is 42.5 Å². The van der Waals surface area contributed by atoms with E-state index in [9.17, 15) is 21.6 Å². The van der Waals surface area contributed by atoms with E-state index in [0.29, 0.717) is 27.6 Å². The second-order valence-electron chi connectivity index (χ2n) is 6.85. The molecule has 0 aromatic heterocycles. The summed E-state index contributed by atoms with van der Waals surface area (Å²) in [6, 6.07) is 17.5. The molecule has 0 heterocycles. The van der Waals surface area contributed by atoms with Crippen molar-refractivity contribution in [3.05, 3.63) is 94.5 Å². The number of halogens is 4. The fourth-order valence-corrected chi connectivity index (χ4v) is 4.41. The van der Waals surface area contributed by atoms with Gasteiger partial charge < -0.3 is 0 Å². The van der Waals surface area contributed by atoms with Crippen LogP contribution in [-0.2, 0) is 29.0 Å². The van der Waals surface area contributed by atoms with Crippen molar-refractivity contribution in [1.29, 1.82) is 0 Å². The molecule has 0 amide bonds. The summed E-state index contributed by atoms with van der Waals surface area (Å²) >= 11 is 11.1. The van der Waals surface area contributed by atoms with Crippen LogP contribution in [0.2, 0.25) is 5.02 Å². The second kappa shape index (κ2) is 9.38. The summed E-state index contributed by atoms with van der Waals surface area (Å²) in [5.41, 5.74) is 0.917. The molecule has 0 bridgehead atoms. The van der Waals surface area contributed by atoms with E-state index in [1.807, 2.05) is 0 Å². The average molecular weight is 484 g/mol. The van der Waals surface area contributed by atoms with Gasteiger partial charge in [0.05, 0.1) is 10.5 Å². The van der Waals surface area contributed by atoms with E-state index in [4.69, 9.17) is 23.8 Å². The highest BCUT2D eigenvalue weighted by atomic mass is 35.5. The quantitative estimate of drug-likeness (QED) is 0.400. The van der Waals surface area contributed by atoms with Crippen LogP contribution in [0.3, 0.4) is 0 Å². The third-order valence-corrected chi connectivity index (χ3v) is 6.32. The standard InChI is InChI=1S/C22H17ClF3NO2S2/c23-18-6-8-19(9-7-18)27-31(28,29)21-10-4-15(5-11-21)13-20(30)14-16-2-1-3-17(12-16)22(24,25)26/h1-12,27H,13-14H2. The van der Waals surface area contributed by atoms with Crippen molar-refractivity contribution in [2.75, 3.05) is 4.72 Å². The largest absolute Gasteiger partial charge is 0.416 e. The predicted molar refractivity (Wildman–Crippen MR) is 120 cm³/mol. The van der Waals surface area contributed by atoms with Crippen LogP contribution >= 0.6 is 23.8 Å². The van der Waals surface area contributed by atoms with Crippen molar-refractivity contribution in [2.24, 2.45) is 0 Å². The van der Waals surface area contributed by atoms with E-state index < -0.39 is 21.8 Å². The zero-order valence-corrected chi connectivity index (χ0v) is 18.4. The lowest BCUT2D eigenvalue weighted by atomic mass is 10.0. The number of benzene rings is 3. The number of anilines is 1. The zero-order chi connectivity index (χ0) is 22.6. The molecule has 3 nitrogen and oxygen atoms in total. The van der Waals surface area contributed by atoms with Crippen molar-refractivity contribution in [2.45, 2.75) is 23.9 Å². The van der Waals surface area contributed by atoms with E-state index in [0.717, 1.165) is 17.7 Å². The molecule has 0 saturated carbocycles. The summed E-state index contributed by atoms with van der Waals surface area (Å²) < 4.78 is 66.0. The maximum absolute atomic E-state index is 12.8. The van der Waals surface area contributed by atoms with Gasteiger partial charge in [0.15, 0.2) is 0 Å². The first-order chi connectivity index (χ1) is 14.5. The second-order valence-corrected chi connectivity index (χ2v) is 9.54. The molecule has 3 aromatic carbocycles. The molecular formula is C22H17ClF3NO2S2. The summed E-state index contributed by atoms with van der Waals surface area (Å²) in [6.07, 6.45) is -3.84. The summed E-state index contributed by atoms with van der Waals surface area (Å²) in [7, 11) is -3.77. The smallest absolute Gasteiger partial charge is 0.280 e. The highest BCUT2D eigenvalue weighted by molar-refractivity contribution is 7.92. The molecule has 0 atom stereocenters. The van der Waals surface area contributed by atoms with Crippen molar-refractivity contribution in [3.63, 3.8) is 0 Å². The number of nitrogens with one attached hydrogen (secondary N) is 1. The fourth-order valence-electron chi connectivity index (χ4n) is 2.89. The van der Waals surface area contributed by atoms with Gasteiger partial charge in [-0.2, -0.15) is 13.2 Å². The minimum atomic E-state index is -4.40. The number of hydrogen-bond donors (Lipinski definition) is 1. The lowest BCUT2D eigenvalue weighted by Gasteiger charge is -2.10. The number of alkyl halides is 3. The summed E-state index contributed by atoms with van der Waals surface area (Å²) in [5.74, 6) is 0. The van der Waals surface area contributed by atoms with E-state index in [-0.39, 0.29) is 11.3 Å². The molecule has 0 fully saturated rings. The lowest BCUT2D eigenvalue weighted by molar-refractivity contribution is -0.137. The molecule has 0 aliphatic heterocycles.